The van der Waals surface area contributed by atoms with Crippen LogP contribution >= 0.6 is 7.82 Å². The Bertz CT molecular complexity index is 1760. The van der Waals surface area contributed by atoms with Crippen molar-refractivity contribution in [2.45, 2.75) is 187 Å². The molecular formula is C60H93O11P. The highest BCUT2D eigenvalue weighted by molar-refractivity contribution is 7.47. The molecule has 2 N–H and O–H groups in total. The van der Waals surface area contributed by atoms with Crippen molar-refractivity contribution in [1.82, 2.24) is 0 Å². The van der Waals surface area contributed by atoms with Crippen molar-refractivity contribution in [3.05, 3.63) is 146 Å². The summed E-state index contributed by atoms with van der Waals surface area (Å²) in [4.78, 5) is 48.4. The van der Waals surface area contributed by atoms with Gasteiger partial charge in [0.25, 0.3) is 0 Å². The Morgan fingerprint density at radius 1 is 0.389 bits per heavy atom. The number of hydrogen-bond acceptors (Lipinski definition) is 10. The SMILES string of the molecule is CC/C=C\C/C=C\C/C=C\C/C=C\C/C=C\CCCC(=O)OCC(COP(=O)(O)OCC(CO)OC(=O)CCCCC/C=C\C/C=C\C/C=C\CC)OC(=O)CCCC/C=C\C/C=C\C/C=C\C/C=C\CC. The normalized spacial score (nSPS) is 14.6. The van der Waals surface area contributed by atoms with Crippen molar-refractivity contribution >= 4 is 25.7 Å². The lowest BCUT2D eigenvalue weighted by molar-refractivity contribution is -0.161. The summed E-state index contributed by atoms with van der Waals surface area (Å²) in [6.07, 6.45) is 66.9. The Morgan fingerprint density at radius 2 is 0.694 bits per heavy atom. The molecule has 3 atom stereocenters. The highest BCUT2D eigenvalue weighted by atomic mass is 31.2. The van der Waals surface area contributed by atoms with Crippen LogP contribution < -0.4 is 0 Å². The van der Waals surface area contributed by atoms with Gasteiger partial charge in [-0.25, -0.2) is 4.57 Å². The third kappa shape index (κ3) is 50.3. The van der Waals surface area contributed by atoms with E-state index in [1.165, 1.54) is 0 Å². The van der Waals surface area contributed by atoms with Crippen molar-refractivity contribution < 1.29 is 52.2 Å². The molecule has 0 fully saturated rings. The number of carbonyl (C=O) groups is 3. The average molecular weight is 1020 g/mol. The zero-order valence-electron chi connectivity index (χ0n) is 44.3. The largest absolute Gasteiger partial charge is 0.472 e. The quantitative estimate of drug-likeness (QED) is 0.0197. The van der Waals surface area contributed by atoms with Crippen LogP contribution in [0.5, 0.6) is 0 Å². The topological polar surface area (TPSA) is 155 Å². The summed E-state index contributed by atoms with van der Waals surface area (Å²) < 4.78 is 39.3. The molecule has 404 valence electrons. The molecule has 0 aromatic rings. The number of aliphatic hydroxyl groups is 1. The zero-order valence-corrected chi connectivity index (χ0v) is 45.2. The molecular weight excluding hydrogens is 928 g/mol. The zero-order chi connectivity index (χ0) is 52.7. The van der Waals surface area contributed by atoms with Gasteiger partial charge in [-0.3, -0.25) is 23.4 Å². The van der Waals surface area contributed by atoms with Crippen LogP contribution in [0.2, 0.25) is 0 Å². The first-order chi connectivity index (χ1) is 35.2. The molecule has 0 aliphatic heterocycles. The lowest BCUT2D eigenvalue weighted by Crippen LogP contribution is -2.30. The van der Waals surface area contributed by atoms with Gasteiger partial charge in [-0.05, 0) is 128 Å². The number of allylic oxidation sites excluding steroid dienone is 24. The molecule has 0 radical (unpaired) electrons. The summed E-state index contributed by atoms with van der Waals surface area (Å²) >= 11 is 0. The Balaban J connectivity index is 4.94. The maximum absolute atomic E-state index is 12.9. The fourth-order valence-corrected chi connectivity index (χ4v) is 7.06. The van der Waals surface area contributed by atoms with Crippen LogP contribution in [0.15, 0.2) is 146 Å². The Labute approximate surface area is 435 Å². The third-order valence-electron chi connectivity index (χ3n) is 10.2. The number of esters is 3. The molecule has 0 saturated heterocycles. The van der Waals surface area contributed by atoms with E-state index in [9.17, 15) is 28.9 Å². The van der Waals surface area contributed by atoms with Crippen molar-refractivity contribution in [3.8, 4) is 0 Å². The van der Waals surface area contributed by atoms with Gasteiger partial charge in [0.15, 0.2) is 6.10 Å². The van der Waals surface area contributed by atoms with Crippen LogP contribution in [0.1, 0.15) is 175 Å². The second kappa shape index (κ2) is 52.7. The molecule has 3 unspecified atom stereocenters. The van der Waals surface area contributed by atoms with Crippen molar-refractivity contribution in [1.29, 1.82) is 0 Å². The number of unbranched alkanes of at least 4 members (excludes halogenated alkanes) is 6. The number of phosphoric acid groups is 1. The smallest absolute Gasteiger partial charge is 0.462 e. The Morgan fingerprint density at radius 3 is 1.08 bits per heavy atom. The molecule has 0 aromatic carbocycles. The van der Waals surface area contributed by atoms with Gasteiger partial charge in [-0.15, -0.1) is 0 Å². The number of ether oxygens (including phenoxy) is 3. The van der Waals surface area contributed by atoms with Gasteiger partial charge in [0.2, 0.25) is 0 Å². The van der Waals surface area contributed by atoms with Gasteiger partial charge in [-0.1, -0.05) is 173 Å². The standard InChI is InChI=1S/C60H93O11P/c1-4-7-10-13-16-19-22-25-27-28-30-32-34-37-40-43-46-49-58(62)67-53-57(71-60(64)51-48-45-42-39-36-33-29-26-23-20-17-14-11-8-5-2)55-69-72(65,66)68-54-56(52-61)70-59(63)50-47-44-41-38-35-31-24-21-18-15-12-9-6-3/h7-12,16-21,25-27,29-32,35-37,39-40,56-57,61H,4-6,13-15,22-24,28,33-34,38,41-55H2,1-3H3,(H,65,66)/b10-7-,11-8-,12-9-,19-16-,20-17-,21-18-,27-25-,29-26-,32-30-,35-31-,39-36-,40-37-. The summed E-state index contributed by atoms with van der Waals surface area (Å²) in [5.74, 6) is -1.64. The highest BCUT2D eigenvalue weighted by Crippen LogP contribution is 2.43. The Hall–Kier alpha value is -4.64. The predicted octanol–water partition coefficient (Wildman–Crippen LogP) is 15.6. The molecule has 0 aromatic heterocycles. The maximum atomic E-state index is 12.9. The summed E-state index contributed by atoms with van der Waals surface area (Å²) in [5.41, 5.74) is 0. The van der Waals surface area contributed by atoms with E-state index in [1.54, 1.807) is 0 Å². The fourth-order valence-electron chi connectivity index (χ4n) is 6.28. The molecule has 0 bridgehead atoms. The molecule has 0 spiro atoms. The number of hydrogen-bond donors (Lipinski definition) is 2. The van der Waals surface area contributed by atoms with E-state index in [0.717, 1.165) is 109 Å². The highest BCUT2D eigenvalue weighted by Gasteiger charge is 2.28. The summed E-state index contributed by atoms with van der Waals surface area (Å²) in [6.45, 7) is 4.11. The van der Waals surface area contributed by atoms with E-state index in [-0.39, 0.29) is 19.3 Å². The number of aliphatic hydroxyl groups excluding tert-OH is 1. The minimum atomic E-state index is -4.79. The molecule has 12 heteroatoms. The minimum Gasteiger partial charge on any atom is -0.462 e. The van der Waals surface area contributed by atoms with Crippen molar-refractivity contribution in [3.63, 3.8) is 0 Å². The average Bonchev–Trinajstić information content (AvgIpc) is 3.37. The van der Waals surface area contributed by atoms with E-state index < -0.39 is 64.4 Å². The number of rotatable bonds is 47. The molecule has 0 heterocycles. The van der Waals surface area contributed by atoms with Gasteiger partial charge in [0.05, 0.1) is 19.8 Å². The summed E-state index contributed by atoms with van der Waals surface area (Å²) in [7, 11) is -4.79. The van der Waals surface area contributed by atoms with Crippen LogP contribution in [0.25, 0.3) is 0 Å². The molecule has 0 saturated carbocycles. The first-order valence-electron chi connectivity index (χ1n) is 26.7. The number of carbonyl (C=O) groups excluding carboxylic acids is 3. The van der Waals surface area contributed by atoms with E-state index in [4.69, 9.17) is 23.3 Å². The Kier molecular flexibility index (Phi) is 49.3. The lowest BCUT2D eigenvalue weighted by Gasteiger charge is -2.21. The monoisotopic (exact) mass is 1020 g/mol. The molecule has 0 aliphatic carbocycles. The van der Waals surface area contributed by atoms with Crippen LogP contribution in [-0.4, -0.2) is 66.5 Å². The molecule has 0 amide bonds. The van der Waals surface area contributed by atoms with E-state index >= 15 is 0 Å². The second-order valence-electron chi connectivity index (χ2n) is 16.9. The van der Waals surface area contributed by atoms with Crippen molar-refractivity contribution in [2.75, 3.05) is 26.4 Å². The first kappa shape index (κ1) is 67.4. The van der Waals surface area contributed by atoms with E-state index in [2.05, 4.69) is 154 Å². The van der Waals surface area contributed by atoms with Crippen LogP contribution in [-0.2, 0) is 42.2 Å². The molecule has 72 heavy (non-hydrogen) atoms. The second-order valence-corrected chi connectivity index (χ2v) is 18.3. The molecule has 11 nitrogen and oxygen atoms in total. The van der Waals surface area contributed by atoms with Crippen LogP contribution in [0.4, 0.5) is 0 Å². The first-order valence-corrected chi connectivity index (χ1v) is 28.2. The number of phosphoric ester groups is 1. The van der Waals surface area contributed by atoms with Gasteiger partial charge in [-0.2, -0.15) is 0 Å². The van der Waals surface area contributed by atoms with Crippen LogP contribution in [0, 0.1) is 0 Å². The minimum absolute atomic E-state index is 0.0918. The summed E-state index contributed by atoms with van der Waals surface area (Å²) in [6, 6.07) is 0. The molecule has 0 aliphatic rings. The third-order valence-corrected chi connectivity index (χ3v) is 11.2. The van der Waals surface area contributed by atoms with E-state index in [1.807, 2.05) is 12.2 Å². The maximum Gasteiger partial charge on any atom is 0.472 e. The predicted molar refractivity (Wildman–Crippen MR) is 297 cm³/mol. The molecule has 0 rings (SSSR count). The van der Waals surface area contributed by atoms with Gasteiger partial charge >= 0.3 is 25.7 Å². The van der Waals surface area contributed by atoms with Gasteiger partial charge in [0, 0.05) is 19.3 Å². The van der Waals surface area contributed by atoms with Gasteiger partial charge < -0.3 is 24.2 Å². The fraction of sp³-hybridized carbons (Fsp3) is 0.550. The van der Waals surface area contributed by atoms with Crippen molar-refractivity contribution in [2.24, 2.45) is 0 Å². The van der Waals surface area contributed by atoms with E-state index in [0.29, 0.717) is 25.7 Å². The van der Waals surface area contributed by atoms with Gasteiger partial charge in [0.1, 0.15) is 12.7 Å². The lowest BCUT2D eigenvalue weighted by atomic mass is 10.1. The van der Waals surface area contributed by atoms with Crippen LogP contribution in [0.3, 0.4) is 0 Å². The summed E-state index contributed by atoms with van der Waals surface area (Å²) in [5, 5.41) is 9.78.